The van der Waals surface area contributed by atoms with Gasteiger partial charge in [0.15, 0.2) is 0 Å². The maximum absolute atomic E-state index is 13.0. The van der Waals surface area contributed by atoms with Gasteiger partial charge in [0.25, 0.3) is 5.91 Å². The van der Waals surface area contributed by atoms with E-state index in [1.54, 1.807) is 12.1 Å². The molecule has 2 fully saturated rings. The van der Waals surface area contributed by atoms with Crippen molar-refractivity contribution < 1.29 is 18.3 Å². The number of halogens is 2. The fourth-order valence-corrected chi connectivity index (χ4v) is 4.91. The predicted molar refractivity (Wildman–Crippen MR) is 97.9 cm³/mol. The largest absolute Gasteiger partial charge is 0.435 e. The van der Waals surface area contributed by atoms with Crippen LogP contribution in [0.15, 0.2) is 29.8 Å². The van der Waals surface area contributed by atoms with Gasteiger partial charge in [-0.05, 0) is 53.9 Å². The van der Waals surface area contributed by atoms with Gasteiger partial charge in [-0.3, -0.25) is 4.79 Å². The minimum absolute atomic E-state index is 0.0375. The third-order valence-electron chi connectivity index (χ3n) is 5.44. The van der Waals surface area contributed by atoms with E-state index in [-0.39, 0.29) is 34.1 Å². The van der Waals surface area contributed by atoms with Gasteiger partial charge in [-0.1, -0.05) is 32.9 Å². The summed E-state index contributed by atoms with van der Waals surface area (Å²) in [6.07, 6.45) is 4.48. The first-order valence-electron chi connectivity index (χ1n) is 9.09. The number of nitriles is 1. The molecule has 1 saturated carbocycles. The second-order valence-electron chi connectivity index (χ2n) is 8.76. The Morgan fingerprint density at radius 2 is 1.96 bits per heavy atom. The van der Waals surface area contributed by atoms with E-state index in [1.165, 1.54) is 18.2 Å². The number of nitrogens with zero attached hydrogens (tertiary/aromatic N) is 2. The molecule has 0 N–H and O–H groups in total. The molecule has 1 amide bonds. The number of rotatable bonds is 4. The summed E-state index contributed by atoms with van der Waals surface area (Å²) in [4.78, 5) is 14.8. The van der Waals surface area contributed by atoms with Crippen LogP contribution in [0.1, 0.15) is 45.6 Å². The van der Waals surface area contributed by atoms with Crippen molar-refractivity contribution in [1.29, 1.82) is 5.26 Å². The standard InChI is InChI=1S/C21H24F2N2O2/c1-20(2)9-16-10-21(3,12-20)13-25(16)18(26)15(11-24)8-14-4-6-17(7-5-14)27-19(22)23/h4-8,16,19H,9-10,12-13H2,1-3H3/b15-8+/t16-,21+/m1/s1. The van der Waals surface area contributed by atoms with Crippen LogP contribution in [-0.2, 0) is 4.79 Å². The SMILES string of the molecule is CC1(C)C[C@@H]2C[C@](C)(CN2C(=O)/C(C#N)=C/c2ccc(OC(F)F)cc2)C1. The Morgan fingerprint density at radius 1 is 1.30 bits per heavy atom. The van der Waals surface area contributed by atoms with Crippen LogP contribution in [0.25, 0.3) is 6.08 Å². The topological polar surface area (TPSA) is 53.3 Å². The van der Waals surface area contributed by atoms with Crippen molar-refractivity contribution in [2.45, 2.75) is 52.7 Å². The molecule has 3 rings (SSSR count). The summed E-state index contributed by atoms with van der Waals surface area (Å²) in [5, 5.41) is 9.51. The lowest BCUT2D eigenvalue weighted by molar-refractivity contribution is -0.127. The number of carbonyl (C=O) groups is 1. The Bertz CT molecular complexity index is 795. The second-order valence-corrected chi connectivity index (χ2v) is 8.76. The summed E-state index contributed by atoms with van der Waals surface area (Å²) in [5.74, 6) is -0.215. The van der Waals surface area contributed by atoms with E-state index in [4.69, 9.17) is 0 Å². The number of benzene rings is 1. The van der Waals surface area contributed by atoms with Gasteiger partial charge < -0.3 is 9.64 Å². The zero-order valence-electron chi connectivity index (χ0n) is 15.8. The number of hydrogen-bond acceptors (Lipinski definition) is 3. The zero-order valence-corrected chi connectivity index (χ0v) is 15.8. The summed E-state index contributed by atoms with van der Waals surface area (Å²) in [7, 11) is 0. The monoisotopic (exact) mass is 374 g/mol. The van der Waals surface area contributed by atoms with Crippen LogP contribution in [0.5, 0.6) is 5.75 Å². The van der Waals surface area contributed by atoms with Gasteiger partial charge >= 0.3 is 6.61 Å². The Labute approximate surface area is 158 Å². The highest BCUT2D eigenvalue weighted by Crippen LogP contribution is 2.52. The molecule has 2 aliphatic rings. The van der Waals surface area contributed by atoms with Gasteiger partial charge in [0.1, 0.15) is 17.4 Å². The van der Waals surface area contributed by atoms with Gasteiger partial charge in [-0.15, -0.1) is 0 Å². The Hall–Kier alpha value is -2.42. The van der Waals surface area contributed by atoms with Crippen LogP contribution in [0.3, 0.4) is 0 Å². The normalized spacial score (nSPS) is 26.8. The van der Waals surface area contributed by atoms with E-state index < -0.39 is 6.61 Å². The molecule has 4 nitrogen and oxygen atoms in total. The zero-order chi connectivity index (χ0) is 19.8. The van der Waals surface area contributed by atoms with Crippen LogP contribution in [0, 0.1) is 22.2 Å². The highest BCUT2D eigenvalue weighted by molar-refractivity contribution is 6.02. The van der Waals surface area contributed by atoms with Crippen LogP contribution in [0.4, 0.5) is 8.78 Å². The lowest BCUT2D eigenvalue weighted by Gasteiger charge is -2.39. The molecule has 2 atom stereocenters. The maximum atomic E-state index is 13.0. The van der Waals surface area contributed by atoms with Crippen molar-refractivity contribution in [3.05, 3.63) is 35.4 Å². The molecular weight excluding hydrogens is 350 g/mol. The Morgan fingerprint density at radius 3 is 2.56 bits per heavy atom. The van der Waals surface area contributed by atoms with Crippen LogP contribution in [0.2, 0.25) is 0 Å². The fraction of sp³-hybridized carbons (Fsp3) is 0.524. The molecule has 1 aliphatic heterocycles. The van der Waals surface area contributed by atoms with Crippen molar-refractivity contribution in [3.8, 4) is 11.8 Å². The second kappa shape index (κ2) is 6.95. The van der Waals surface area contributed by atoms with E-state index >= 15 is 0 Å². The molecule has 6 heteroatoms. The van der Waals surface area contributed by atoms with E-state index in [0.29, 0.717) is 12.1 Å². The molecule has 1 saturated heterocycles. The average Bonchev–Trinajstić information content (AvgIpc) is 2.82. The average molecular weight is 374 g/mol. The summed E-state index contributed by atoms with van der Waals surface area (Å²) in [5.41, 5.74) is 0.933. The van der Waals surface area contributed by atoms with E-state index in [1.807, 2.05) is 11.0 Å². The lowest BCUT2D eigenvalue weighted by Crippen LogP contribution is -2.38. The van der Waals surface area contributed by atoms with Crippen molar-refractivity contribution >= 4 is 12.0 Å². The third kappa shape index (κ3) is 4.29. The molecular formula is C21H24F2N2O2. The minimum Gasteiger partial charge on any atom is -0.435 e. The molecule has 0 aromatic heterocycles. The van der Waals surface area contributed by atoms with Crippen LogP contribution in [-0.4, -0.2) is 30.0 Å². The molecule has 0 radical (unpaired) electrons. The fourth-order valence-electron chi connectivity index (χ4n) is 4.91. The van der Waals surface area contributed by atoms with Crippen molar-refractivity contribution in [3.63, 3.8) is 0 Å². The third-order valence-corrected chi connectivity index (χ3v) is 5.44. The molecule has 27 heavy (non-hydrogen) atoms. The molecule has 2 bridgehead atoms. The molecule has 1 aromatic carbocycles. The van der Waals surface area contributed by atoms with E-state index in [9.17, 15) is 18.8 Å². The van der Waals surface area contributed by atoms with Gasteiger partial charge in [-0.2, -0.15) is 14.0 Å². The van der Waals surface area contributed by atoms with Gasteiger partial charge in [0.2, 0.25) is 0 Å². The van der Waals surface area contributed by atoms with Gasteiger partial charge in [0.05, 0.1) is 0 Å². The van der Waals surface area contributed by atoms with Crippen molar-refractivity contribution in [1.82, 2.24) is 4.90 Å². The summed E-state index contributed by atoms with van der Waals surface area (Å²) >= 11 is 0. The Kier molecular flexibility index (Phi) is 4.98. The summed E-state index contributed by atoms with van der Waals surface area (Å²) in [6, 6.07) is 8.05. The highest BCUT2D eigenvalue weighted by Gasteiger charge is 2.51. The van der Waals surface area contributed by atoms with Gasteiger partial charge in [-0.25, -0.2) is 0 Å². The van der Waals surface area contributed by atoms with Crippen LogP contribution >= 0.6 is 0 Å². The van der Waals surface area contributed by atoms with Crippen molar-refractivity contribution in [2.24, 2.45) is 10.8 Å². The Balaban J connectivity index is 1.79. The first kappa shape index (κ1) is 19.3. The smallest absolute Gasteiger partial charge is 0.387 e. The number of carbonyl (C=O) groups excluding carboxylic acids is 1. The number of fused-ring (bicyclic) bond motifs is 2. The quantitative estimate of drug-likeness (QED) is 0.571. The summed E-state index contributed by atoms with van der Waals surface area (Å²) in [6.45, 7) is 4.46. The van der Waals surface area contributed by atoms with Crippen molar-refractivity contribution in [2.75, 3.05) is 6.54 Å². The number of hydrogen-bond donors (Lipinski definition) is 0. The molecule has 144 valence electrons. The lowest BCUT2D eigenvalue weighted by atomic mass is 9.65. The molecule has 0 spiro atoms. The maximum Gasteiger partial charge on any atom is 0.387 e. The van der Waals surface area contributed by atoms with E-state index in [2.05, 4.69) is 25.5 Å². The highest BCUT2D eigenvalue weighted by atomic mass is 19.3. The van der Waals surface area contributed by atoms with E-state index in [0.717, 1.165) is 19.3 Å². The molecule has 1 aliphatic carbocycles. The number of likely N-dealkylation sites (tertiary alicyclic amines) is 1. The number of amides is 1. The molecule has 1 aromatic rings. The molecule has 0 unspecified atom stereocenters. The predicted octanol–water partition coefficient (Wildman–Crippen LogP) is 4.62. The first-order chi connectivity index (χ1) is 12.6. The minimum atomic E-state index is -2.89. The number of ether oxygens (including phenoxy) is 1. The summed E-state index contributed by atoms with van der Waals surface area (Å²) < 4.78 is 28.8. The van der Waals surface area contributed by atoms with Crippen LogP contribution < -0.4 is 4.74 Å². The van der Waals surface area contributed by atoms with Gasteiger partial charge in [0, 0.05) is 12.6 Å². The molecule has 1 heterocycles. The number of alkyl halides is 2. The first-order valence-corrected chi connectivity index (χ1v) is 9.09.